The van der Waals surface area contributed by atoms with Crippen molar-refractivity contribution in [1.29, 1.82) is 0 Å². The number of aliphatic imine (C=N–C) groups is 1. The Labute approximate surface area is 126 Å². The van der Waals surface area contributed by atoms with Gasteiger partial charge in [0.15, 0.2) is 5.96 Å². The highest BCUT2D eigenvalue weighted by Gasteiger charge is 2.14. The van der Waals surface area contributed by atoms with Crippen molar-refractivity contribution < 1.29 is 0 Å². The Morgan fingerprint density at radius 3 is 2.85 bits per heavy atom. The predicted octanol–water partition coefficient (Wildman–Crippen LogP) is 2.15. The van der Waals surface area contributed by atoms with Crippen molar-refractivity contribution in [2.75, 3.05) is 33.2 Å². The van der Waals surface area contributed by atoms with Crippen LogP contribution < -0.4 is 10.6 Å². The molecule has 0 amide bonds. The smallest absolute Gasteiger partial charge is 0.191 e. The van der Waals surface area contributed by atoms with Gasteiger partial charge >= 0.3 is 0 Å². The first-order chi connectivity index (χ1) is 9.78. The Balaban J connectivity index is 1.61. The zero-order chi connectivity index (χ0) is 14.2. The molecule has 0 aliphatic carbocycles. The molecule has 2 rings (SSSR count). The molecule has 0 saturated carbocycles. The summed E-state index contributed by atoms with van der Waals surface area (Å²) in [5, 5.41) is 8.84. The average molecular weight is 294 g/mol. The molecule has 1 aromatic rings. The molecule has 2 N–H and O–H groups in total. The summed E-state index contributed by atoms with van der Waals surface area (Å²) in [6.45, 7) is 7.74. The maximum absolute atomic E-state index is 4.26. The fourth-order valence-electron chi connectivity index (χ4n) is 2.42. The van der Waals surface area contributed by atoms with Crippen LogP contribution in [0.1, 0.15) is 24.6 Å². The van der Waals surface area contributed by atoms with Crippen LogP contribution >= 0.6 is 11.3 Å². The Hall–Kier alpha value is -1.07. The summed E-state index contributed by atoms with van der Waals surface area (Å²) in [6.07, 6.45) is 2.68. The van der Waals surface area contributed by atoms with Gasteiger partial charge in [0.25, 0.3) is 0 Å². The molecule has 5 heteroatoms. The SMILES string of the molecule is CN=C(NCCN1CCC(C)CC1)NCc1cccs1. The Bertz CT molecular complexity index is 394. The van der Waals surface area contributed by atoms with E-state index in [0.29, 0.717) is 0 Å². The van der Waals surface area contributed by atoms with Crippen molar-refractivity contribution in [3.8, 4) is 0 Å². The van der Waals surface area contributed by atoms with E-state index in [1.807, 2.05) is 7.05 Å². The van der Waals surface area contributed by atoms with Crippen LogP contribution in [-0.4, -0.2) is 44.1 Å². The fourth-order valence-corrected chi connectivity index (χ4v) is 3.07. The first-order valence-corrected chi connectivity index (χ1v) is 8.35. The van der Waals surface area contributed by atoms with Gasteiger partial charge in [-0.15, -0.1) is 11.3 Å². The maximum atomic E-state index is 4.26. The molecule has 0 atom stereocenters. The van der Waals surface area contributed by atoms with E-state index in [1.54, 1.807) is 11.3 Å². The standard InChI is InChI=1S/C15H26N4S/c1-13-5-8-19(9-6-13)10-7-17-15(16-2)18-12-14-4-3-11-20-14/h3-4,11,13H,5-10,12H2,1-2H3,(H2,16,17,18). The highest BCUT2D eigenvalue weighted by molar-refractivity contribution is 7.09. The van der Waals surface area contributed by atoms with Crippen LogP contribution in [0.15, 0.2) is 22.5 Å². The molecule has 0 unspecified atom stereocenters. The summed E-state index contributed by atoms with van der Waals surface area (Å²) in [5.41, 5.74) is 0. The first kappa shape index (κ1) is 15.3. The van der Waals surface area contributed by atoms with Crippen LogP contribution in [0, 0.1) is 5.92 Å². The second kappa shape index (κ2) is 8.27. The molecule has 2 heterocycles. The molecule has 0 spiro atoms. The summed E-state index contributed by atoms with van der Waals surface area (Å²) in [5.74, 6) is 1.79. The van der Waals surface area contributed by atoms with Crippen LogP contribution in [0.2, 0.25) is 0 Å². The molecule has 112 valence electrons. The van der Waals surface area contributed by atoms with Crippen molar-refractivity contribution >= 4 is 17.3 Å². The minimum absolute atomic E-state index is 0.846. The first-order valence-electron chi connectivity index (χ1n) is 7.47. The van der Waals surface area contributed by atoms with Crippen LogP contribution in [0.5, 0.6) is 0 Å². The second-order valence-electron chi connectivity index (χ2n) is 5.46. The van der Waals surface area contributed by atoms with Gasteiger partial charge in [-0.05, 0) is 43.3 Å². The highest BCUT2D eigenvalue weighted by atomic mass is 32.1. The number of likely N-dealkylation sites (tertiary alicyclic amines) is 1. The van der Waals surface area contributed by atoms with Crippen LogP contribution in [0.25, 0.3) is 0 Å². The molecule has 1 aliphatic rings. The predicted molar refractivity (Wildman–Crippen MR) is 87.4 cm³/mol. The van der Waals surface area contributed by atoms with E-state index in [2.05, 4.69) is 45.0 Å². The number of hydrogen-bond acceptors (Lipinski definition) is 3. The third kappa shape index (κ3) is 5.13. The summed E-state index contributed by atoms with van der Waals surface area (Å²) in [6, 6.07) is 4.22. The van der Waals surface area contributed by atoms with Gasteiger partial charge in [-0.25, -0.2) is 0 Å². The van der Waals surface area contributed by atoms with Gasteiger partial charge in [-0.3, -0.25) is 4.99 Å². The van der Waals surface area contributed by atoms with E-state index in [-0.39, 0.29) is 0 Å². The normalized spacial score (nSPS) is 18.2. The van der Waals surface area contributed by atoms with Crippen LogP contribution in [0.4, 0.5) is 0 Å². The fraction of sp³-hybridized carbons (Fsp3) is 0.667. The third-order valence-electron chi connectivity index (χ3n) is 3.83. The van der Waals surface area contributed by atoms with Crippen molar-refractivity contribution in [2.24, 2.45) is 10.9 Å². The quantitative estimate of drug-likeness (QED) is 0.646. The lowest BCUT2D eigenvalue weighted by Crippen LogP contribution is -2.43. The third-order valence-corrected chi connectivity index (χ3v) is 4.71. The van der Waals surface area contributed by atoms with Crippen LogP contribution in [0.3, 0.4) is 0 Å². The number of piperidine rings is 1. The zero-order valence-corrected chi connectivity index (χ0v) is 13.4. The van der Waals surface area contributed by atoms with Gasteiger partial charge in [0.2, 0.25) is 0 Å². The molecule has 0 bridgehead atoms. The molecule has 1 saturated heterocycles. The van der Waals surface area contributed by atoms with E-state index < -0.39 is 0 Å². The van der Waals surface area contributed by atoms with E-state index in [1.165, 1.54) is 30.8 Å². The topological polar surface area (TPSA) is 39.7 Å². The minimum Gasteiger partial charge on any atom is -0.355 e. The molecule has 1 fully saturated rings. The van der Waals surface area contributed by atoms with E-state index in [9.17, 15) is 0 Å². The monoisotopic (exact) mass is 294 g/mol. The highest BCUT2D eigenvalue weighted by Crippen LogP contribution is 2.15. The van der Waals surface area contributed by atoms with Gasteiger partial charge in [0, 0.05) is 25.0 Å². The van der Waals surface area contributed by atoms with E-state index in [0.717, 1.165) is 31.5 Å². The average Bonchev–Trinajstić information content (AvgIpc) is 2.98. The van der Waals surface area contributed by atoms with Crippen molar-refractivity contribution in [3.05, 3.63) is 22.4 Å². The van der Waals surface area contributed by atoms with Crippen molar-refractivity contribution in [1.82, 2.24) is 15.5 Å². The lowest BCUT2D eigenvalue weighted by Gasteiger charge is -2.30. The molecule has 4 nitrogen and oxygen atoms in total. The summed E-state index contributed by atoms with van der Waals surface area (Å²) in [7, 11) is 1.83. The lowest BCUT2D eigenvalue weighted by atomic mass is 9.99. The van der Waals surface area contributed by atoms with Gasteiger partial charge in [0.05, 0.1) is 6.54 Å². The van der Waals surface area contributed by atoms with E-state index >= 15 is 0 Å². The molecule has 0 radical (unpaired) electrons. The number of hydrogen-bond donors (Lipinski definition) is 2. The number of nitrogens with zero attached hydrogens (tertiary/aromatic N) is 2. The number of nitrogens with one attached hydrogen (secondary N) is 2. The number of thiophene rings is 1. The molecule has 1 aliphatic heterocycles. The van der Waals surface area contributed by atoms with Crippen molar-refractivity contribution in [2.45, 2.75) is 26.3 Å². The summed E-state index contributed by atoms with van der Waals surface area (Å²) in [4.78, 5) is 8.14. The Morgan fingerprint density at radius 1 is 1.40 bits per heavy atom. The zero-order valence-electron chi connectivity index (χ0n) is 12.6. The Kier molecular flexibility index (Phi) is 6.33. The second-order valence-corrected chi connectivity index (χ2v) is 6.49. The maximum Gasteiger partial charge on any atom is 0.191 e. The largest absolute Gasteiger partial charge is 0.355 e. The number of guanidine groups is 1. The molecule has 0 aromatic carbocycles. The molecule has 1 aromatic heterocycles. The minimum atomic E-state index is 0.846. The molecular formula is C15H26N4S. The number of rotatable bonds is 5. The Morgan fingerprint density at radius 2 is 2.20 bits per heavy atom. The van der Waals surface area contributed by atoms with Crippen molar-refractivity contribution in [3.63, 3.8) is 0 Å². The summed E-state index contributed by atoms with van der Waals surface area (Å²) < 4.78 is 0. The van der Waals surface area contributed by atoms with Crippen LogP contribution in [-0.2, 0) is 6.54 Å². The van der Waals surface area contributed by atoms with Gasteiger partial charge < -0.3 is 15.5 Å². The van der Waals surface area contributed by atoms with Gasteiger partial charge in [0.1, 0.15) is 0 Å². The molecule has 20 heavy (non-hydrogen) atoms. The lowest BCUT2D eigenvalue weighted by molar-refractivity contribution is 0.195. The molecular weight excluding hydrogens is 268 g/mol. The van der Waals surface area contributed by atoms with Gasteiger partial charge in [-0.1, -0.05) is 13.0 Å². The van der Waals surface area contributed by atoms with Gasteiger partial charge in [-0.2, -0.15) is 0 Å². The summed E-state index contributed by atoms with van der Waals surface area (Å²) >= 11 is 1.77. The van der Waals surface area contributed by atoms with E-state index in [4.69, 9.17) is 0 Å².